The van der Waals surface area contributed by atoms with E-state index in [0.717, 1.165) is 51.0 Å². The van der Waals surface area contributed by atoms with Crippen LogP contribution in [0.2, 0.25) is 0 Å². The molecule has 5 nitrogen and oxygen atoms in total. The van der Waals surface area contributed by atoms with Gasteiger partial charge in [0.15, 0.2) is 0 Å². The summed E-state index contributed by atoms with van der Waals surface area (Å²) in [6.45, 7) is 2.01. The summed E-state index contributed by atoms with van der Waals surface area (Å²) in [4.78, 5) is 21.2. The molecule has 3 aromatic heterocycles. The number of dihydropyridines is 1. The predicted octanol–water partition coefficient (Wildman–Crippen LogP) is 4.46. The quantitative estimate of drug-likeness (QED) is 0.663. The summed E-state index contributed by atoms with van der Waals surface area (Å²) >= 11 is 0. The summed E-state index contributed by atoms with van der Waals surface area (Å²) in [5.74, 6) is 0.855. The zero-order valence-corrected chi connectivity index (χ0v) is 15.3. The van der Waals surface area contributed by atoms with Gasteiger partial charge in [0.2, 0.25) is 0 Å². The average molecular weight is 371 g/mol. The van der Waals surface area contributed by atoms with Crippen LogP contribution < -0.4 is 0 Å². The molecule has 0 amide bonds. The van der Waals surface area contributed by atoms with Crippen LogP contribution in [0.1, 0.15) is 40.3 Å². The van der Waals surface area contributed by atoms with Crippen molar-refractivity contribution in [3.8, 4) is 22.6 Å². The van der Waals surface area contributed by atoms with E-state index in [1.165, 1.54) is 0 Å². The van der Waals surface area contributed by atoms with E-state index in [0.29, 0.717) is 6.42 Å². The van der Waals surface area contributed by atoms with E-state index in [4.69, 9.17) is 4.98 Å². The second-order valence-electron chi connectivity index (χ2n) is 7.53. The topological polar surface area (TPSA) is 69.7 Å². The third-order valence-corrected chi connectivity index (χ3v) is 5.86. The zero-order valence-electron chi connectivity index (χ0n) is 15.3. The van der Waals surface area contributed by atoms with E-state index in [1.54, 1.807) is 6.08 Å². The van der Waals surface area contributed by atoms with E-state index in [1.807, 2.05) is 37.6 Å². The highest BCUT2D eigenvalue weighted by Gasteiger charge is 2.37. The molecule has 3 unspecified atom stereocenters. The number of nitrogens with one attached hydrogen (secondary N) is 2. The summed E-state index contributed by atoms with van der Waals surface area (Å²) in [7, 11) is 0. The van der Waals surface area contributed by atoms with Gasteiger partial charge >= 0.3 is 0 Å². The smallest absolute Gasteiger partial charge is 0.140 e. The molecule has 3 aromatic rings. The molecule has 0 saturated carbocycles. The van der Waals surface area contributed by atoms with Crippen LogP contribution in [-0.4, -0.2) is 32.3 Å². The van der Waals surface area contributed by atoms with Gasteiger partial charge < -0.3 is 9.97 Å². The van der Waals surface area contributed by atoms with Crippen LogP contribution in [0.4, 0.5) is 4.39 Å². The molecule has 0 bridgehead atoms. The van der Waals surface area contributed by atoms with Crippen LogP contribution in [0.5, 0.6) is 0 Å². The maximum absolute atomic E-state index is 14.0. The molecule has 4 heterocycles. The highest BCUT2D eigenvalue weighted by Crippen LogP contribution is 2.48. The van der Waals surface area contributed by atoms with Crippen molar-refractivity contribution in [2.45, 2.75) is 31.5 Å². The number of halogens is 1. The number of rotatable bonds is 1. The van der Waals surface area contributed by atoms with E-state index < -0.39 is 6.17 Å². The molecule has 0 aromatic carbocycles. The highest BCUT2D eigenvalue weighted by molar-refractivity contribution is 5.80. The van der Waals surface area contributed by atoms with Gasteiger partial charge in [0.25, 0.3) is 0 Å². The number of fused-ring (bicyclic) bond motifs is 7. The minimum Gasteiger partial charge on any atom is -0.358 e. The molecule has 3 atom stereocenters. The number of alkyl halides is 1. The Bertz CT molecular complexity index is 1200. The number of nitrogens with zero attached hydrogens (tertiary/aromatic N) is 3. The van der Waals surface area contributed by atoms with Crippen LogP contribution in [0.15, 0.2) is 41.6 Å². The van der Waals surface area contributed by atoms with Crippen molar-refractivity contribution in [2.75, 3.05) is 0 Å². The number of imidazole rings is 1. The third kappa shape index (κ3) is 2.08. The fraction of sp³-hybridized carbons (Fsp3) is 0.227. The molecule has 2 aliphatic carbocycles. The van der Waals surface area contributed by atoms with Gasteiger partial charge in [-0.25, -0.2) is 9.37 Å². The van der Waals surface area contributed by atoms with Crippen molar-refractivity contribution in [1.82, 2.24) is 19.9 Å². The van der Waals surface area contributed by atoms with Gasteiger partial charge in [-0.05, 0) is 42.8 Å². The Kier molecular flexibility index (Phi) is 3.15. The standard InChI is InChI=1S/C22H18FN5/c1-11-17(15-10-12(23)6-7-16(15)26-11)22-27-20-13-4-2-8-24-18(13)19-14(21(20)28-22)5-3-9-25-19/h2-9,12-13,18,26H,10H2,1H3,(H,27,28). The van der Waals surface area contributed by atoms with Crippen molar-refractivity contribution in [2.24, 2.45) is 4.99 Å². The molecule has 3 aliphatic rings. The van der Waals surface area contributed by atoms with Gasteiger partial charge in [-0.3, -0.25) is 9.98 Å². The van der Waals surface area contributed by atoms with Gasteiger partial charge in [-0.15, -0.1) is 0 Å². The summed E-state index contributed by atoms with van der Waals surface area (Å²) in [5.41, 5.74) is 7.86. The largest absolute Gasteiger partial charge is 0.358 e. The van der Waals surface area contributed by atoms with Crippen molar-refractivity contribution in [3.63, 3.8) is 0 Å². The fourth-order valence-corrected chi connectivity index (χ4v) is 4.65. The Morgan fingerprint density at radius 1 is 1.21 bits per heavy atom. The number of hydrogen-bond donors (Lipinski definition) is 2. The van der Waals surface area contributed by atoms with Gasteiger partial charge in [0, 0.05) is 47.3 Å². The number of aryl methyl sites for hydroxylation is 1. The van der Waals surface area contributed by atoms with Crippen molar-refractivity contribution in [3.05, 3.63) is 64.9 Å². The van der Waals surface area contributed by atoms with Crippen molar-refractivity contribution < 1.29 is 4.39 Å². The Morgan fingerprint density at radius 2 is 2.14 bits per heavy atom. The average Bonchev–Trinajstić information content (AvgIpc) is 3.28. The lowest BCUT2D eigenvalue weighted by molar-refractivity contribution is 0.397. The SMILES string of the molecule is Cc1[nH]c2c(c1-c1nc3c([nH]1)C1C=CC=NC1c1ncccc1-3)CC(F)C=C2. The molecule has 0 radical (unpaired) electrons. The minimum atomic E-state index is -0.962. The normalized spacial score (nSPS) is 23.9. The van der Waals surface area contributed by atoms with Crippen molar-refractivity contribution >= 4 is 12.3 Å². The van der Waals surface area contributed by atoms with Crippen LogP contribution >= 0.6 is 0 Å². The first-order valence-corrected chi connectivity index (χ1v) is 9.50. The summed E-state index contributed by atoms with van der Waals surface area (Å²) in [6.07, 6.45) is 10.6. The monoisotopic (exact) mass is 371 g/mol. The zero-order chi connectivity index (χ0) is 18.8. The molecule has 2 N–H and O–H groups in total. The van der Waals surface area contributed by atoms with Crippen LogP contribution in [0.25, 0.3) is 28.7 Å². The lowest BCUT2D eigenvalue weighted by Gasteiger charge is -2.28. The van der Waals surface area contributed by atoms with E-state index in [-0.39, 0.29) is 12.0 Å². The second kappa shape index (κ2) is 5.61. The molecular weight excluding hydrogens is 353 g/mol. The minimum absolute atomic E-state index is 0.0404. The number of allylic oxidation sites excluding steroid dienone is 2. The lowest BCUT2D eigenvalue weighted by Crippen LogP contribution is -2.18. The summed E-state index contributed by atoms with van der Waals surface area (Å²) in [5, 5.41) is 0. The lowest BCUT2D eigenvalue weighted by atomic mass is 9.82. The molecule has 0 saturated heterocycles. The van der Waals surface area contributed by atoms with E-state index in [9.17, 15) is 4.39 Å². The van der Waals surface area contributed by atoms with Gasteiger partial charge in [-0.1, -0.05) is 6.08 Å². The number of hydrogen-bond acceptors (Lipinski definition) is 3. The number of aromatic amines is 2. The molecule has 0 spiro atoms. The first kappa shape index (κ1) is 15.7. The number of aromatic nitrogens is 4. The molecule has 6 heteroatoms. The maximum Gasteiger partial charge on any atom is 0.140 e. The van der Waals surface area contributed by atoms with E-state index >= 15 is 0 Å². The fourth-order valence-electron chi connectivity index (χ4n) is 4.65. The van der Waals surface area contributed by atoms with Crippen LogP contribution in [0, 0.1) is 6.92 Å². The van der Waals surface area contributed by atoms with Crippen molar-refractivity contribution in [1.29, 1.82) is 0 Å². The summed E-state index contributed by atoms with van der Waals surface area (Å²) < 4.78 is 14.0. The Balaban J connectivity index is 1.57. The van der Waals surface area contributed by atoms with Gasteiger partial charge in [0.1, 0.15) is 18.0 Å². The second-order valence-corrected chi connectivity index (χ2v) is 7.53. The maximum atomic E-state index is 14.0. The molecular formula is C22H18FN5. The number of pyridine rings is 1. The van der Waals surface area contributed by atoms with Crippen LogP contribution in [0.3, 0.4) is 0 Å². The molecule has 0 fully saturated rings. The summed E-state index contributed by atoms with van der Waals surface area (Å²) in [6, 6.07) is 3.94. The molecule has 1 aliphatic heterocycles. The van der Waals surface area contributed by atoms with Crippen LogP contribution in [-0.2, 0) is 6.42 Å². The Hall–Kier alpha value is -3.28. The first-order chi connectivity index (χ1) is 13.7. The Labute approximate surface area is 161 Å². The number of H-pyrrole nitrogens is 2. The molecule has 138 valence electrons. The third-order valence-electron chi connectivity index (χ3n) is 5.86. The highest BCUT2D eigenvalue weighted by atomic mass is 19.1. The Morgan fingerprint density at radius 3 is 3.07 bits per heavy atom. The number of aliphatic imine (C=N–C) groups is 1. The van der Waals surface area contributed by atoms with Gasteiger partial charge in [-0.2, -0.15) is 0 Å². The van der Waals surface area contributed by atoms with E-state index in [2.05, 4.69) is 32.1 Å². The van der Waals surface area contributed by atoms with Gasteiger partial charge in [0.05, 0.1) is 17.1 Å². The first-order valence-electron chi connectivity index (χ1n) is 9.50. The molecule has 6 rings (SSSR count). The molecule has 28 heavy (non-hydrogen) atoms. The predicted molar refractivity (Wildman–Crippen MR) is 107 cm³/mol.